The van der Waals surface area contributed by atoms with Gasteiger partial charge in [0.25, 0.3) is 5.56 Å². The van der Waals surface area contributed by atoms with Crippen LogP contribution in [0.5, 0.6) is 0 Å². The van der Waals surface area contributed by atoms with E-state index < -0.39 is 24.2 Å². The number of esters is 1. The number of carbonyl (C=O) groups excluding carboxylic acids is 2. The number of ketones is 1. The number of halogens is 1. The van der Waals surface area contributed by atoms with E-state index in [0.29, 0.717) is 10.9 Å². The van der Waals surface area contributed by atoms with Crippen molar-refractivity contribution in [3.05, 3.63) is 76.6 Å². The molecule has 25 heavy (non-hydrogen) atoms. The molecule has 1 aromatic heterocycles. The summed E-state index contributed by atoms with van der Waals surface area (Å²) in [6.45, 7) is -0.898. The van der Waals surface area contributed by atoms with E-state index in [4.69, 9.17) is 4.74 Å². The number of ether oxygens (including phenoxy) is 1. The Bertz CT molecular complexity index is 1010. The Morgan fingerprint density at radius 3 is 2.72 bits per heavy atom. The van der Waals surface area contributed by atoms with Crippen LogP contribution < -0.4 is 5.56 Å². The lowest BCUT2D eigenvalue weighted by Crippen LogP contribution is -2.26. The molecular weight excluding hydrogens is 327 g/mol. The molecule has 0 unspecified atom stereocenters. The predicted molar refractivity (Wildman–Crippen MR) is 87.7 cm³/mol. The van der Waals surface area contributed by atoms with Crippen molar-refractivity contribution in [2.75, 3.05) is 6.61 Å². The van der Waals surface area contributed by atoms with Gasteiger partial charge in [-0.3, -0.25) is 19.0 Å². The molecular formula is C18H13FN2O4. The molecule has 6 nitrogen and oxygen atoms in total. The smallest absolute Gasteiger partial charge is 0.326 e. The lowest BCUT2D eigenvalue weighted by molar-refractivity contribution is -0.143. The third-order valence-corrected chi connectivity index (χ3v) is 3.54. The summed E-state index contributed by atoms with van der Waals surface area (Å²) in [4.78, 5) is 40.1. The Hall–Kier alpha value is -3.35. The van der Waals surface area contributed by atoms with Gasteiger partial charge in [-0.05, 0) is 24.3 Å². The van der Waals surface area contributed by atoms with E-state index >= 15 is 0 Å². The average molecular weight is 340 g/mol. The number of carbonyl (C=O) groups is 2. The topological polar surface area (TPSA) is 78.3 Å². The quantitative estimate of drug-likeness (QED) is 0.524. The van der Waals surface area contributed by atoms with Crippen molar-refractivity contribution < 1.29 is 18.7 Å². The SMILES string of the molecule is O=C(Cn1cnc2ccccc2c1=O)OCC(=O)c1cccc(F)c1. The number of hydrogen-bond acceptors (Lipinski definition) is 5. The number of para-hydroxylation sites is 1. The van der Waals surface area contributed by atoms with Gasteiger partial charge >= 0.3 is 5.97 Å². The molecule has 7 heteroatoms. The van der Waals surface area contributed by atoms with E-state index in [2.05, 4.69) is 4.98 Å². The van der Waals surface area contributed by atoms with Crippen LogP contribution in [0.15, 0.2) is 59.7 Å². The molecule has 3 aromatic rings. The second-order valence-electron chi connectivity index (χ2n) is 5.29. The second kappa shape index (κ2) is 7.04. The molecule has 0 atom stereocenters. The van der Waals surface area contributed by atoms with Gasteiger partial charge < -0.3 is 4.74 Å². The molecule has 0 aliphatic heterocycles. The highest BCUT2D eigenvalue weighted by Crippen LogP contribution is 2.06. The van der Waals surface area contributed by atoms with Crippen molar-refractivity contribution in [3.63, 3.8) is 0 Å². The van der Waals surface area contributed by atoms with E-state index in [-0.39, 0.29) is 17.7 Å². The van der Waals surface area contributed by atoms with Crippen LogP contribution in [0.1, 0.15) is 10.4 Å². The summed E-state index contributed by atoms with van der Waals surface area (Å²) < 4.78 is 19.1. The van der Waals surface area contributed by atoms with E-state index in [0.717, 1.165) is 10.6 Å². The highest BCUT2D eigenvalue weighted by molar-refractivity contribution is 5.97. The van der Waals surface area contributed by atoms with E-state index in [1.807, 2.05) is 0 Å². The molecule has 0 N–H and O–H groups in total. The zero-order chi connectivity index (χ0) is 17.8. The number of fused-ring (bicyclic) bond motifs is 1. The number of aromatic nitrogens is 2. The molecule has 3 rings (SSSR count). The Labute approximate surface area is 141 Å². The van der Waals surface area contributed by atoms with Gasteiger partial charge in [0, 0.05) is 5.56 Å². The first-order valence-corrected chi connectivity index (χ1v) is 7.43. The maximum absolute atomic E-state index is 13.1. The van der Waals surface area contributed by atoms with Crippen LogP contribution in [0, 0.1) is 5.82 Å². The molecule has 126 valence electrons. The van der Waals surface area contributed by atoms with Gasteiger partial charge in [-0.15, -0.1) is 0 Å². The van der Waals surface area contributed by atoms with Gasteiger partial charge in [-0.1, -0.05) is 24.3 Å². The van der Waals surface area contributed by atoms with Crippen LogP contribution in [0.25, 0.3) is 10.9 Å². The number of nitrogens with zero attached hydrogens (tertiary/aromatic N) is 2. The molecule has 0 radical (unpaired) electrons. The van der Waals surface area contributed by atoms with E-state index in [1.165, 1.54) is 24.5 Å². The number of benzene rings is 2. The minimum Gasteiger partial charge on any atom is -0.456 e. The predicted octanol–water partition coefficient (Wildman–Crippen LogP) is 1.96. The normalized spacial score (nSPS) is 10.6. The van der Waals surface area contributed by atoms with Gasteiger partial charge in [0.05, 0.1) is 17.2 Å². The monoisotopic (exact) mass is 340 g/mol. The Kier molecular flexibility index (Phi) is 4.65. The van der Waals surface area contributed by atoms with Gasteiger partial charge in [-0.25, -0.2) is 9.37 Å². The Balaban J connectivity index is 1.66. The highest BCUT2D eigenvalue weighted by atomic mass is 19.1. The average Bonchev–Trinajstić information content (AvgIpc) is 2.62. The van der Waals surface area contributed by atoms with Crippen molar-refractivity contribution in [2.24, 2.45) is 0 Å². The first kappa shape index (κ1) is 16.5. The molecule has 0 aliphatic rings. The summed E-state index contributed by atoms with van der Waals surface area (Å²) in [7, 11) is 0. The largest absolute Gasteiger partial charge is 0.456 e. The van der Waals surface area contributed by atoms with Crippen LogP contribution in [0.4, 0.5) is 4.39 Å². The number of rotatable bonds is 5. The molecule has 0 amide bonds. The van der Waals surface area contributed by atoms with Crippen LogP contribution >= 0.6 is 0 Å². The van der Waals surface area contributed by atoms with Crippen LogP contribution in [0.2, 0.25) is 0 Å². The molecule has 0 saturated carbocycles. The first-order valence-electron chi connectivity index (χ1n) is 7.43. The van der Waals surface area contributed by atoms with Gasteiger partial charge in [0.15, 0.2) is 12.4 Å². The minimum absolute atomic E-state index is 0.109. The Morgan fingerprint density at radius 1 is 1.12 bits per heavy atom. The lowest BCUT2D eigenvalue weighted by Gasteiger charge is -2.07. The van der Waals surface area contributed by atoms with Crippen molar-refractivity contribution in [1.82, 2.24) is 9.55 Å². The van der Waals surface area contributed by atoms with Gasteiger partial charge in [-0.2, -0.15) is 0 Å². The Morgan fingerprint density at radius 2 is 1.92 bits per heavy atom. The van der Waals surface area contributed by atoms with E-state index in [1.54, 1.807) is 24.3 Å². The van der Waals surface area contributed by atoms with E-state index in [9.17, 15) is 18.8 Å². The summed E-state index contributed by atoms with van der Waals surface area (Å²) in [6, 6.07) is 11.9. The fourth-order valence-electron chi connectivity index (χ4n) is 2.29. The maximum Gasteiger partial charge on any atom is 0.326 e. The zero-order valence-corrected chi connectivity index (χ0v) is 13.0. The zero-order valence-electron chi connectivity index (χ0n) is 13.0. The summed E-state index contributed by atoms with van der Waals surface area (Å²) >= 11 is 0. The number of hydrogen-bond donors (Lipinski definition) is 0. The minimum atomic E-state index is -0.760. The third-order valence-electron chi connectivity index (χ3n) is 3.54. The molecule has 2 aromatic carbocycles. The van der Waals surface area contributed by atoms with Gasteiger partial charge in [0.1, 0.15) is 12.4 Å². The molecule has 1 heterocycles. The summed E-state index contributed by atoms with van der Waals surface area (Å²) in [5, 5.41) is 0.383. The van der Waals surface area contributed by atoms with Crippen molar-refractivity contribution in [2.45, 2.75) is 6.54 Å². The second-order valence-corrected chi connectivity index (χ2v) is 5.29. The number of Topliss-reactive ketones (excluding diaryl/α,β-unsaturated/α-hetero) is 1. The third kappa shape index (κ3) is 3.77. The van der Waals surface area contributed by atoms with Crippen molar-refractivity contribution in [1.29, 1.82) is 0 Å². The summed E-state index contributed by atoms with van der Waals surface area (Å²) in [5.74, 6) is -1.84. The van der Waals surface area contributed by atoms with Crippen LogP contribution in [0.3, 0.4) is 0 Å². The lowest BCUT2D eigenvalue weighted by atomic mass is 10.1. The summed E-state index contributed by atoms with van der Waals surface area (Å²) in [6.07, 6.45) is 1.25. The molecule has 0 fully saturated rings. The van der Waals surface area contributed by atoms with Crippen molar-refractivity contribution >= 4 is 22.7 Å². The molecule has 0 aliphatic carbocycles. The van der Waals surface area contributed by atoms with Crippen molar-refractivity contribution in [3.8, 4) is 0 Å². The first-order chi connectivity index (χ1) is 12.0. The molecule has 0 spiro atoms. The highest BCUT2D eigenvalue weighted by Gasteiger charge is 2.12. The fourth-order valence-corrected chi connectivity index (χ4v) is 2.29. The van der Waals surface area contributed by atoms with Gasteiger partial charge in [0.2, 0.25) is 0 Å². The molecule has 0 saturated heterocycles. The maximum atomic E-state index is 13.1. The van der Waals surface area contributed by atoms with Crippen LogP contribution in [-0.4, -0.2) is 27.9 Å². The molecule has 0 bridgehead atoms. The van der Waals surface area contributed by atoms with Crippen LogP contribution in [-0.2, 0) is 16.1 Å². The standard InChI is InChI=1S/C18H13FN2O4/c19-13-5-3-4-12(8-13)16(22)10-25-17(23)9-21-11-20-15-7-2-1-6-14(15)18(21)24/h1-8,11H,9-10H2. The fraction of sp³-hybridized carbons (Fsp3) is 0.111. The summed E-state index contributed by atoms with van der Waals surface area (Å²) in [5.41, 5.74) is 0.259.